The topological polar surface area (TPSA) is 59.0 Å². The van der Waals surface area contributed by atoms with Gasteiger partial charge in [0, 0.05) is 23.8 Å². The Hall–Kier alpha value is -1.57. The molecule has 5 nitrogen and oxygen atoms in total. The van der Waals surface area contributed by atoms with E-state index in [1.54, 1.807) is 13.1 Å². The Morgan fingerprint density at radius 2 is 2.27 bits per heavy atom. The van der Waals surface area contributed by atoms with Crippen LogP contribution < -0.4 is 10.6 Å². The molecule has 1 aliphatic carbocycles. The van der Waals surface area contributed by atoms with Crippen LogP contribution in [0.25, 0.3) is 0 Å². The van der Waals surface area contributed by atoms with Crippen molar-refractivity contribution in [2.45, 2.75) is 57.9 Å². The molecular weight excluding hydrogens is 297 g/mol. The van der Waals surface area contributed by atoms with Crippen LogP contribution >= 0.6 is 0 Å². The molecule has 22 heavy (non-hydrogen) atoms. The van der Waals surface area contributed by atoms with Crippen LogP contribution in [0.2, 0.25) is 0 Å². The predicted octanol–water partition coefficient (Wildman–Crippen LogP) is 1.94. The van der Waals surface area contributed by atoms with E-state index in [9.17, 15) is 18.0 Å². The van der Waals surface area contributed by atoms with Gasteiger partial charge in [-0.15, -0.1) is 0 Å². The van der Waals surface area contributed by atoms with Crippen molar-refractivity contribution in [1.82, 2.24) is 20.4 Å². The van der Waals surface area contributed by atoms with Gasteiger partial charge in [-0.25, -0.2) is 0 Å². The Morgan fingerprint density at radius 3 is 2.91 bits per heavy atom. The Kier molecular flexibility index (Phi) is 5.10. The lowest BCUT2D eigenvalue weighted by molar-refractivity contribution is -0.139. The van der Waals surface area contributed by atoms with Crippen molar-refractivity contribution in [3.05, 3.63) is 17.5 Å². The van der Waals surface area contributed by atoms with E-state index in [1.807, 2.05) is 16.9 Å². The summed E-state index contributed by atoms with van der Waals surface area (Å²) < 4.78 is 38.3. The molecule has 1 aliphatic rings. The number of aromatic nitrogens is 2. The minimum Gasteiger partial charge on any atom is -0.346 e. The minimum absolute atomic E-state index is 0.0457. The second kappa shape index (κ2) is 6.68. The number of nitrogens with zero attached hydrogens (tertiary/aromatic N) is 2. The van der Waals surface area contributed by atoms with E-state index in [-0.39, 0.29) is 6.04 Å². The maximum atomic E-state index is 12.1. The van der Waals surface area contributed by atoms with E-state index in [2.05, 4.69) is 10.4 Å². The van der Waals surface area contributed by atoms with Crippen molar-refractivity contribution >= 4 is 5.91 Å². The molecule has 2 rings (SSSR count). The van der Waals surface area contributed by atoms with E-state index < -0.39 is 24.7 Å². The Balaban J connectivity index is 1.97. The Labute approximate surface area is 127 Å². The number of rotatable bonds is 5. The average molecular weight is 318 g/mol. The van der Waals surface area contributed by atoms with Gasteiger partial charge >= 0.3 is 6.18 Å². The van der Waals surface area contributed by atoms with Crippen molar-refractivity contribution in [1.29, 1.82) is 0 Å². The molecule has 1 aromatic heterocycles. The summed E-state index contributed by atoms with van der Waals surface area (Å²) in [5, 5.41) is 9.34. The molecule has 0 unspecified atom stereocenters. The quantitative estimate of drug-likeness (QED) is 0.872. The lowest BCUT2D eigenvalue weighted by Crippen LogP contribution is -2.46. The Bertz CT molecular complexity index is 527. The van der Waals surface area contributed by atoms with Crippen LogP contribution in [-0.4, -0.2) is 34.5 Å². The molecule has 0 spiro atoms. The second-order valence-corrected chi connectivity index (χ2v) is 5.53. The molecule has 1 heterocycles. The first-order valence-electron chi connectivity index (χ1n) is 7.47. The number of amides is 1. The zero-order chi connectivity index (χ0) is 16.3. The SMILES string of the molecule is CCn1ncc2c1CCC[C@H]2N[C@@H](C)C(=O)NCC(F)(F)F. The van der Waals surface area contributed by atoms with E-state index in [0.29, 0.717) is 0 Å². The number of hydrogen-bond donors (Lipinski definition) is 2. The number of hydrogen-bond acceptors (Lipinski definition) is 3. The molecular formula is C14H21F3N4O. The van der Waals surface area contributed by atoms with Gasteiger partial charge in [0.15, 0.2) is 0 Å². The highest BCUT2D eigenvalue weighted by Gasteiger charge is 2.30. The number of carbonyl (C=O) groups excluding carboxylic acids is 1. The van der Waals surface area contributed by atoms with Crippen LogP contribution in [0.15, 0.2) is 6.20 Å². The number of alkyl halides is 3. The summed E-state index contributed by atoms with van der Waals surface area (Å²) in [5.41, 5.74) is 2.19. The molecule has 1 aromatic rings. The van der Waals surface area contributed by atoms with Gasteiger partial charge in [0.25, 0.3) is 0 Å². The lowest BCUT2D eigenvalue weighted by Gasteiger charge is -2.27. The fraction of sp³-hybridized carbons (Fsp3) is 0.714. The lowest BCUT2D eigenvalue weighted by atomic mass is 9.92. The molecule has 0 bridgehead atoms. The molecule has 2 N–H and O–H groups in total. The van der Waals surface area contributed by atoms with Gasteiger partial charge in [-0.05, 0) is 33.1 Å². The zero-order valence-electron chi connectivity index (χ0n) is 12.7. The van der Waals surface area contributed by atoms with Crippen LogP contribution in [-0.2, 0) is 17.8 Å². The van der Waals surface area contributed by atoms with Crippen molar-refractivity contribution < 1.29 is 18.0 Å². The van der Waals surface area contributed by atoms with E-state index in [1.165, 1.54) is 0 Å². The first-order chi connectivity index (χ1) is 10.3. The summed E-state index contributed by atoms with van der Waals surface area (Å²) in [6, 6.07) is -0.737. The fourth-order valence-corrected chi connectivity index (χ4v) is 2.78. The van der Waals surface area contributed by atoms with Gasteiger partial charge < -0.3 is 5.32 Å². The number of nitrogens with one attached hydrogen (secondary N) is 2. The third kappa shape index (κ3) is 4.00. The summed E-state index contributed by atoms with van der Waals surface area (Å²) >= 11 is 0. The van der Waals surface area contributed by atoms with Gasteiger partial charge in [0.05, 0.1) is 12.2 Å². The molecule has 0 saturated heterocycles. The van der Waals surface area contributed by atoms with Crippen molar-refractivity contribution in [2.75, 3.05) is 6.54 Å². The summed E-state index contributed by atoms with van der Waals surface area (Å²) in [6.07, 6.45) is 0.147. The van der Waals surface area contributed by atoms with E-state index in [0.717, 1.165) is 37.1 Å². The highest BCUT2D eigenvalue weighted by Crippen LogP contribution is 2.29. The highest BCUT2D eigenvalue weighted by molar-refractivity contribution is 5.81. The van der Waals surface area contributed by atoms with E-state index in [4.69, 9.17) is 0 Å². The number of carbonyl (C=O) groups is 1. The third-order valence-corrected chi connectivity index (χ3v) is 3.87. The predicted molar refractivity (Wildman–Crippen MR) is 75.2 cm³/mol. The molecule has 2 atom stereocenters. The van der Waals surface area contributed by atoms with Gasteiger partial charge in [-0.2, -0.15) is 18.3 Å². The molecule has 8 heteroatoms. The molecule has 0 saturated carbocycles. The van der Waals surface area contributed by atoms with Crippen LogP contribution in [0, 0.1) is 0 Å². The molecule has 0 fully saturated rings. The molecule has 1 amide bonds. The van der Waals surface area contributed by atoms with Crippen LogP contribution in [0.3, 0.4) is 0 Å². The van der Waals surface area contributed by atoms with Gasteiger partial charge in [-0.1, -0.05) is 0 Å². The largest absolute Gasteiger partial charge is 0.405 e. The third-order valence-electron chi connectivity index (χ3n) is 3.87. The van der Waals surface area contributed by atoms with Crippen molar-refractivity contribution in [3.63, 3.8) is 0 Å². The molecule has 0 aliphatic heterocycles. The fourth-order valence-electron chi connectivity index (χ4n) is 2.78. The molecule has 124 valence electrons. The number of fused-ring (bicyclic) bond motifs is 1. The summed E-state index contributed by atoms with van der Waals surface area (Å²) in [7, 11) is 0. The summed E-state index contributed by atoms with van der Waals surface area (Å²) in [5.74, 6) is -0.646. The van der Waals surface area contributed by atoms with Crippen molar-refractivity contribution in [3.8, 4) is 0 Å². The van der Waals surface area contributed by atoms with Gasteiger partial charge in [0.1, 0.15) is 6.54 Å². The van der Waals surface area contributed by atoms with Gasteiger partial charge in [0.2, 0.25) is 5.91 Å². The monoisotopic (exact) mass is 318 g/mol. The van der Waals surface area contributed by atoms with Gasteiger partial charge in [-0.3, -0.25) is 14.8 Å². The normalized spacial score (nSPS) is 19.6. The molecule has 0 radical (unpaired) electrons. The van der Waals surface area contributed by atoms with Crippen LogP contribution in [0.1, 0.15) is 44.0 Å². The standard InChI is InChI=1S/C14H21F3N4O/c1-3-21-12-6-4-5-11(10(12)7-19-21)20-9(2)13(22)18-8-14(15,16)17/h7,9,11,20H,3-6,8H2,1-2H3,(H,18,22)/t9-,11+/m0/s1. The highest BCUT2D eigenvalue weighted by atomic mass is 19.4. The number of halogens is 3. The second-order valence-electron chi connectivity index (χ2n) is 5.53. The van der Waals surface area contributed by atoms with E-state index >= 15 is 0 Å². The number of aryl methyl sites for hydroxylation is 1. The first-order valence-corrected chi connectivity index (χ1v) is 7.47. The average Bonchev–Trinajstić information content (AvgIpc) is 2.88. The van der Waals surface area contributed by atoms with Crippen LogP contribution in [0.5, 0.6) is 0 Å². The maximum Gasteiger partial charge on any atom is 0.405 e. The summed E-state index contributed by atoms with van der Waals surface area (Å²) in [4.78, 5) is 11.7. The zero-order valence-corrected chi connectivity index (χ0v) is 12.7. The van der Waals surface area contributed by atoms with Crippen LogP contribution in [0.4, 0.5) is 13.2 Å². The molecule has 0 aromatic carbocycles. The minimum atomic E-state index is -4.39. The Morgan fingerprint density at radius 1 is 1.55 bits per heavy atom. The van der Waals surface area contributed by atoms with Crippen molar-refractivity contribution in [2.24, 2.45) is 0 Å². The smallest absolute Gasteiger partial charge is 0.346 e. The first kappa shape index (κ1) is 16.8. The summed E-state index contributed by atoms with van der Waals surface area (Å²) in [6.45, 7) is 3.06. The maximum absolute atomic E-state index is 12.1.